The van der Waals surface area contributed by atoms with Gasteiger partial charge in [-0.1, -0.05) is 48.5 Å². The number of aliphatic carboxylic acids is 1. The molecule has 1 amide bonds. The highest BCUT2D eigenvalue weighted by Crippen LogP contribution is 2.40. The Bertz CT molecular complexity index is 1470. The molecule has 3 N–H and O–H groups in total. The maximum atomic E-state index is 12.3. The molecular formula is C26H20N2O4S. The first-order valence-electron chi connectivity index (χ1n) is 10.3. The smallest absolute Gasteiger partial charge is 0.350 e. The van der Waals surface area contributed by atoms with Gasteiger partial charge in [-0.05, 0) is 41.3 Å². The van der Waals surface area contributed by atoms with E-state index in [-0.39, 0.29) is 0 Å². The number of rotatable bonds is 7. The molecule has 33 heavy (non-hydrogen) atoms. The van der Waals surface area contributed by atoms with Gasteiger partial charge in [0, 0.05) is 17.5 Å². The normalized spacial score (nSPS) is 12.1. The lowest BCUT2D eigenvalue weighted by Gasteiger charge is -2.15. The Balaban J connectivity index is 1.77. The molecule has 5 rings (SSSR count). The van der Waals surface area contributed by atoms with E-state index in [0.717, 1.165) is 16.6 Å². The lowest BCUT2D eigenvalue weighted by molar-refractivity contribution is -0.145. The molecule has 0 bridgehead atoms. The summed E-state index contributed by atoms with van der Waals surface area (Å²) in [5.74, 6) is -1.25. The van der Waals surface area contributed by atoms with Crippen LogP contribution in [0.5, 0.6) is 5.75 Å². The molecule has 0 spiro atoms. The van der Waals surface area contributed by atoms with Crippen molar-refractivity contribution in [1.82, 2.24) is 4.57 Å². The van der Waals surface area contributed by atoms with Gasteiger partial charge in [-0.2, -0.15) is 0 Å². The van der Waals surface area contributed by atoms with Crippen molar-refractivity contribution in [2.24, 2.45) is 5.73 Å². The highest BCUT2D eigenvalue weighted by molar-refractivity contribution is 7.10. The summed E-state index contributed by atoms with van der Waals surface area (Å²) in [7, 11) is 0. The maximum Gasteiger partial charge on any atom is 0.350 e. The lowest BCUT2D eigenvalue weighted by Crippen LogP contribution is -2.17. The Hall–Kier alpha value is -4.10. The van der Waals surface area contributed by atoms with Crippen molar-refractivity contribution in [2.75, 3.05) is 0 Å². The van der Waals surface area contributed by atoms with Gasteiger partial charge in [-0.25, -0.2) is 4.79 Å². The number of ether oxygens (including phenoxy) is 1. The van der Waals surface area contributed by atoms with Gasteiger partial charge in [-0.15, -0.1) is 11.3 Å². The Morgan fingerprint density at radius 2 is 1.64 bits per heavy atom. The average Bonchev–Trinajstić information content (AvgIpc) is 3.45. The van der Waals surface area contributed by atoms with Gasteiger partial charge in [0.05, 0.1) is 21.3 Å². The van der Waals surface area contributed by atoms with E-state index in [1.54, 1.807) is 30.3 Å². The van der Waals surface area contributed by atoms with Gasteiger partial charge in [0.25, 0.3) is 0 Å². The molecule has 164 valence electrons. The predicted octanol–water partition coefficient (Wildman–Crippen LogP) is 5.21. The number of hydrogen-bond donors (Lipinski definition) is 2. The van der Waals surface area contributed by atoms with Crippen LogP contribution in [0, 0.1) is 0 Å². The molecule has 5 aromatic rings. The molecule has 2 aromatic heterocycles. The molecule has 1 atom stereocenters. The standard InChI is InChI=1S/C26H20N2O4S/c27-25(29)17-9-4-10-18-22(17)23-19(28(18)15-16-7-2-1-3-8-16)11-5-12-20(23)32-24(26(30)31)21-13-6-14-33-21/h1-14,24H,15H2,(H2,27,29)(H,30,31). The number of carboxylic acid groups (broad SMARTS) is 1. The van der Waals surface area contributed by atoms with E-state index in [4.69, 9.17) is 10.5 Å². The van der Waals surface area contributed by atoms with Crippen LogP contribution in [0.3, 0.4) is 0 Å². The number of nitrogens with two attached hydrogens (primary N) is 1. The fourth-order valence-corrected chi connectivity index (χ4v) is 4.93. The van der Waals surface area contributed by atoms with Crippen LogP contribution in [0.2, 0.25) is 0 Å². The summed E-state index contributed by atoms with van der Waals surface area (Å²) in [4.78, 5) is 24.9. The number of hydrogen-bond acceptors (Lipinski definition) is 4. The van der Waals surface area contributed by atoms with Crippen LogP contribution in [-0.4, -0.2) is 21.6 Å². The van der Waals surface area contributed by atoms with Crippen molar-refractivity contribution in [2.45, 2.75) is 12.6 Å². The average molecular weight is 457 g/mol. The molecule has 0 saturated carbocycles. The van der Waals surface area contributed by atoms with Crippen molar-refractivity contribution in [3.63, 3.8) is 0 Å². The maximum absolute atomic E-state index is 12.3. The number of primary amides is 1. The SMILES string of the molecule is NC(=O)c1cccc2c1c1c(OC(C(=O)O)c3cccs3)cccc1n2Cc1ccccc1. The first-order valence-corrected chi connectivity index (χ1v) is 11.2. The monoisotopic (exact) mass is 456 g/mol. The molecule has 2 heterocycles. The van der Waals surface area contributed by atoms with Crippen LogP contribution >= 0.6 is 11.3 Å². The quantitative estimate of drug-likeness (QED) is 0.352. The highest BCUT2D eigenvalue weighted by Gasteiger charge is 2.26. The molecule has 0 aliphatic carbocycles. The number of carbonyl (C=O) groups excluding carboxylic acids is 1. The summed E-state index contributed by atoms with van der Waals surface area (Å²) in [5, 5.41) is 13.0. The van der Waals surface area contributed by atoms with Crippen LogP contribution in [0.1, 0.15) is 26.9 Å². The number of fused-ring (bicyclic) bond motifs is 3. The van der Waals surface area contributed by atoms with E-state index in [2.05, 4.69) is 4.57 Å². The zero-order chi connectivity index (χ0) is 22.9. The molecule has 7 heteroatoms. The molecule has 6 nitrogen and oxygen atoms in total. The van der Waals surface area contributed by atoms with Crippen LogP contribution in [0.25, 0.3) is 21.8 Å². The van der Waals surface area contributed by atoms with E-state index >= 15 is 0 Å². The van der Waals surface area contributed by atoms with E-state index in [0.29, 0.717) is 33.5 Å². The van der Waals surface area contributed by atoms with Crippen molar-refractivity contribution in [3.05, 3.63) is 100 Å². The Morgan fingerprint density at radius 3 is 2.30 bits per heavy atom. The van der Waals surface area contributed by atoms with Crippen LogP contribution in [0.4, 0.5) is 0 Å². The Morgan fingerprint density at radius 1 is 0.909 bits per heavy atom. The first-order chi connectivity index (χ1) is 16.0. The molecular weight excluding hydrogens is 436 g/mol. The summed E-state index contributed by atoms with van der Waals surface area (Å²) >= 11 is 1.32. The van der Waals surface area contributed by atoms with Crippen LogP contribution < -0.4 is 10.5 Å². The largest absolute Gasteiger partial charge is 0.478 e. The van der Waals surface area contributed by atoms with Crippen LogP contribution in [0.15, 0.2) is 84.2 Å². The minimum absolute atomic E-state index is 0.364. The summed E-state index contributed by atoms with van der Waals surface area (Å²) in [5.41, 5.74) is 8.84. The second-order valence-electron chi connectivity index (χ2n) is 7.64. The third-order valence-corrected chi connectivity index (χ3v) is 6.51. The third-order valence-electron chi connectivity index (χ3n) is 5.60. The molecule has 0 aliphatic heterocycles. The number of nitrogens with zero attached hydrogens (tertiary/aromatic N) is 1. The number of carboxylic acids is 1. The molecule has 0 fully saturated rings. The van der Waals surface area contributed by atoms with E-state index < -0.39 is 18.0 Å². The van der Waals surface area contributed by atoms with Crippen molar-refractivity contribution in [1.29, 1.82) is 0 Å². The van der Waals surface area contributed by atoms with Gasteiger partial charge < -0.3 is 20.1 Å². The van der Waals surface area contributed by atoms with Crippen molar-refractivity contribution < 1.29 is 19.4 Å². The number of aromatic nitrogens is 1. The second kappa shape index (κ2) is 8.44. The predicted molar refractivity (Wildman–Crippen MR) is 129 cm³/mol. The van der Waals surface area contributed by atoms with Gasteiger partial charge in [0.2, 0.25) is 12.0 Å². The van der Waals surface area contributed by atoms with E-state index in [9.17, 15) is 14.7 Å². The van der Waals surface area contributed by atoms with Crippen LogP contribution in [-0.2, 0) is 11.3 Å². The van der Waals surface area contributed by atoms with Crippen molar-refractivity contribution >= 4 is 45.0 Å². The van der Waals surface area contributed by atoms with E-state index in [1.165, 1.54) is 11.3 Å². The molecule has 0 aliphatic rings. The highest BCUT2D eigenvalue weighted by atomic mass is 32.1. The van der Waals surface area contributed by atoms with Gasteiger partial charge in [0.15, 0.2) is 0 Å². The zero-order valence-electron chi connectivity index (χ0n) is 17.5. The van der Waals surface area contributed by atoms with Crippen molar-refractivity contribution in [3.8, 4) is 5.75 Å². The van der Waals surface area contributed by atoms with Gasteiger partial charge in [-0.3, -0.25) is 4.79 Å². The minimum Gasteiger partial charge on any atom is -0.478 e. The topological polar surface area (TPSA) is 94.6 Å². The Labute approximate surface area is 193 Å². The first kappa shape index (κ1) is 20.8. The lowest BCUT2D eigenvalue weighted by atomic mass is 10.1. The molecule has 0 radical (unpaired) electrons. The van der Waals surface area contributed by atoms with Gasteiger partial charge in [0.1, 0.15) is 5.75 Å². The fourth-order valence-electron chi connectivity index (χ4n) is 4.19. The summed E-state index contributed by atoms with van der Waals surface area (Å²) in [6.07, 6.45) is -1.16. The summed E-state index contributed by atoms with van der Waals surface area (Å²) < 4.78 is 8.18. The summed E-state index contributed by atoms with van der Waals surface area (Å²) in [6, 6.07) is 24.4. The third kappa shape index (κ3) is 3.72. The van der Waals surface area contributed by atoms with E-state index in [1.807, 2.05) is 53.9 Å². The number of carbonyl (C=O) groups is 2. The molecule has 0 saturated heterocycles. The number of amides is 1. The fraction of sp³-hybridized carbons (Fsp3) is 0.0769. The Kier molecular flexibility index (Phi) is 5.32. The zero-order valence-corrected chi connectivity index (χ0v) is 18.3. The second-order valence-corrected chi connectivity index (χ2v) is 8.62. The summed E-state index contributed by atoms with van der Waals surface area (Å²) in [6.45, 7) is 0.569. The molecule has 1 unspecified atom stereocenters. The minimum atomic E-state index is -1.16. The number of benzene rings is 3. The number of thiophene rings is 1. The van der Waals surface area contributed by atoms with Gasteiger partial charge >= 0.3 is 5.97 Å². The molecule has 3 aromatic carbocycles.